The Morgan fingerprint density at radius 3 is 0.468 bits per heavy atom. The molecule has 6 nitrogen and oxygen atoms in total. The SMILES string of the molecule is CC(C)CCCCCCCCCCCCCCC(=O)O.CC(C)CCCCCCCCCCCCCCC(=O)O.CC(C)CCCCCCCCCCCCCCC(=O)O.[Ti].[Ti]. The van der Waals surface area contributed by atoms with Crippen LogP contribution in [0.15, 0.2) is 0 Å². The Morgan fingerprint density at radius 1 is 0.242 bits per heavy atom. The smallest absolute Gasteiger partial charge is 0.303 e. The molecule has 0 unspecified atom stereocenters. The summed E-state index contributed by atoms with van der Waals surface area (Å²) in [6.45, 7) is 13.8. The van der Waals surface area contributed by atoms with E-state index in [1.807, 2.05) is 0 Å². The Kier molecular flexibility index (Phi) is 69.5. The quantitative estimate of drug-likeness (QED) is 0.0414. The van der Waals surface area contributed by atoms with Crippen LogP contribution in [0.4, 0.5) is 0 Å². The van der Waals surface area contributed by atoms with E-state index in [9.17, 15) is 14.4 Å². The van der Waals surface area contributed by atoms with E-state index in [1.54, 1.807) is 0 Å². The second-order valence-corrected chi connectivity index (χ2v) is 19.7. The Labute approximate surface area is 417 Å². The molecule has 62 heavy (non-hydrogen) atoms. The fourth-order valence-electron chi connectivity index (χ4n) is 7.79. The van der Waals surface area contributed by atoms with Gasteiger partial charge >= 0.3 is 17.9 Å². The van der Waals surface area contributed by atoms with E-state index in [1.165, 1.54) is 212 Å². The summed E-state index contributed by atoms with van der Waals surface area (Å²) in [5.74, 6) is 0.636. The molecule has 0 amide bonds. The zero-order valence-electron chi connectivity index (χ0n) is 42.5. The van der Waals surface area contributed by atoms with Crippen LogP contribution in [-0.4, -0.2) is 33.2 Å². The molecule has 0 aliphatic heterocycles. The van der Waals surface area contributed by atoms with Crippen LogP contribution in [0.5, 0.6) is 0 Å². The molecule has 0 heterocycles. The second-order valence-electron chi connectivity index (χ2n) is 19.7. The Hall–Kier alpha value is -0.161. The van der Waals surface area contributed by atoms with Crippen LogP contribution >= 0.6 is 0 Å². The van der Waals surface area contributed by atoms with Gasteiger partial charge in [-0.2, -0.15) is 0 Å². The number of carboxylic acid groups (broad SMARTS) is 3. The van der Waals surface area contributed by atoms with Crippen molar-refractivity contribution in [1.29, 1.82) is 0 Å². The van der Waals surface area contributed by atoms with Crippen molar-refractivity contribution in [2.24, 2.45) is 17.8 Å². The standard InChI is InChI=1S/3C18H36O2.2Ti/c3*1-17(2)15-13-11-9-7-5-3-4-6-8-10-12-14-16-18(19)20;;/h3*17H,3-16H2,1-2H3,(H,19,20);;. The van der Waals surface area contributed by atoms with Gasteiger partial charge in [-0.15, -0.1) is 0 Å². The molecule has 368 valence electrons. The van der Waals surface area contributed by atoms with Gasteiger partial charge in [0.15, 0.2) is 0 Å². The van der Waals surface area contributed by atoms with E-state index in [2.05, 4.69) is 41.5 Å². The molecule has 0 aromatic carbocycles. The molecule has 0 saturated carbocycles. The van der Waals surface area contributed by atoms with Crippen molar-refractivity contribution in [3.63, 3.8) is 0 Å². The topological polar surface area (TPSA) is 112 Å². The summed E-state index contributed by atoms with van der Waals surface area (Å²) in [5, 5.41) is 25.6. The average Bonchev–Trinajstić information content (AvgIpc) is 3.18. The van der Waals surface area contributed by atoms with E-state index in [4.69, 9.17) is 15.3 Å². The first kappa shape index (κ1) is 70.8. The number of hydrogen-bond acceptors (Lipinski definition) is 3. The molecule has 0 fully saturated rings. The van der Waals surface area contributed by atoms with Gasteiger partial charge in [0.1, 0.15) is 0 Å². The Bertz CT molecular complexity index is 757. The number of carboxylic acids is 3. The van der Waals surface area contributed by atoms with Crippen molar-refractivity contribution >= 4 is 17.9 Å². The van der Waals surface area contributed by atoms with Crippen LogP contribution < -0.4 is 0 Å². The third-order valence-electron chi connectivity index (χ3n) is 11.8. The molecule has 0 bridgehead atoms. The van der Waals surface area contributed by atoms with Gasteiger partial charge in [-0.1, -0.05) is 273 Å². The third-order valence-corrected chi connectivity index (χ3v) is 11.8. The molecule has 0 saturated heterocycles. The van der Waals surface area contributed by atoms with E-state index in [-0.39, 0.29) is 43.4 Å². The summed E-state index contributed by atoms with van der Waals surface area (Å²) < 4.78 is 0. The molecule has 8 heteroatoms. The minimum Gasteiger partial charge on any atom is -0.481 e. The van der Waals surface area contributed by atoms with Gasteiger partial charge < -0.3 is 15.3 Å². The molecule has 3 N–H and O–H groups in total. The van der Waals surface area contributed by atoms with Crippen molar-refractivity contribution in [1.82, 2.24) is 0 Å². The maximum Gasteiger partial charge on any atom is 0.303 e. The molecule has 0 aliphatic rings. The van der Waals surface area contributed by atoms with Crippen molar-refractivity contribution < 1.29 is 73.1 Å². The fourth-order valence-corrected chi connectivity index (χ4v) is 7.79. The van der Waals surface area contributed by atoms with Gasteiger partial charge in [-0.3, -0.25) is 14.4 Å². The Balaban J connectivity index is -0.000000258. The molecule has 0 aliphatic carbocycles. The predicted molar refractivity (Wildman–Crippen MR) is 261 cm³/mol. The minimum atomic E-state index is -0.654. The molecule has 0 rings (SSSR count). The first-order chi connectivity index (χ1) is 28.9. The number of rotatable bonds is 45. The second kappa shape index (κ2) is 60.8. The molecular weight excluding hydrogens is 840 g/mol. The molecule has 0 aromatic rings. The average molecular weight is 949 g/mol. The van der Waals surface area contributed by atoms with Gasteiger partial charge in [-0.05, 0) is 37.0 Å². The first-order valence-electron chi connectivity index (χ1n) is 26.5. The largest absolute Gasteiger partial charge is 0.481 e. The predicted octanol–water partition coefficient (Wildman–Crippen LogP) is 18.6. The maximum atomic E-state index is 10.3. The summed E-state index contributed by atoms with van der Waals surface area (Å²) >= 11 is 0. The molecular formula is C54H108O6Ti2. The van der Waals surface area contributed by atoms with E-state index < -0.39 is 17.9 Å². The van der Waals surface area contributed by atoms with E-state index in [0.717, 1.165) is 56.3 Å². The van der Waals surface area contributed by atoms with Crippen LogP contribution in [0.25, 0.3) is 0 Å². The van der Waals surface area contributed by atoms with Gasteiger partial charge in [0.05, 0.1) is 0 Å². The minimum absolute atomic E-state index is 0. The summed E-state index contributed by atoms with van der Waals surface area (Å²) in [6, 6.07) is 0. The van der Waals surface area contributed by atoms with Crippen LogP contribution in [0, 0.1) is 17.8 Å². The van der Waals surface area contributed by atoms with Gasteiger partial charge in [0, 0.05) is 62.7 Å². The van der Waals surface area contributed by atoms with Gasteiger partial charge in [-0.25, -0.2) is 0 Å². The zero-order chi connectivity index (χ0) is 45.2. The number of unbranched alkanes of at least 4 members (excludes halogenated alkanes) is 33. The summed E-state index contributed by atoms with van der Waals surface area (Å²) in [5.41, 5.74) is 0. The van der Waals surface area contributed by atoms with Crippen molar-refractivity contribution in [2.45, 2.75) is 311 Å². The number of hydrogen-bond donors (Lipinski definition) is 3. The van der Waals surface area contributed by atoms with Crippen LogP contribution in [0.1, 0.15) is 311 Å². The van der Waals surface area contributed by atoms with Gasteiger partial charge in [0.25, 0.3) is 0 Å². The molecule has 0 aromatic heterocycles. The Morgan fingerprint density at radius 2 is 0.355 bits per heavy atom. The van der Waals surface area contributed by atoms with Crippen LogP contribution in [-0.2, 0) is 57.8 Å². The fraction of sp³-hybridized carbons (Fsp3) is 0.944. The van der Waals surface area contributed by atoms with Crippen molar-refractivity contribution in [3.8, 4) is 0 Å². The number of carbonyl (C=O) groups is 3. The van der Waals surface area contributed by atoms with E-state index >= 15 is 0 Å². The van der Waals surface area contributed by atoms with Crippen molar-refractivity contribution in [3.05, 3.63) is 0 Å². The summed E-state index contributed by atoms with van der Waals surface area (Å²) in [6.07, 6.45) is 52.0. The summed E-state index contributed by atoms with van der Waals surface area (Å²) in [7, 11) is 0. The summed E-state index contributed by atoms with van der Waals surface area (Å²) in [4.78, 5) is 31.0. The normalized spacial score (nSPS) is 10.8. The van der Waals surface area contributed by atoms with Crippen LogP contribution in [0.3, 0.4) is 0 Å². The molecule has 0 spiro atoms. The first-order valence-corrected chi connectivity index (χ1v) is 26.5. The monoisotopic (exact) mass is 949 g/mol. The number of aliphatic carboxylic acids is 3. The maximum absolute atomic E-state index is 10.3. The molecule has 0 atom stereocenters. The molecule has 0 radical (unpaired) electrons. The van der Waals surface area contributed by atoms with E-state index in [0.29, 0.717) is 19.3 Å². The third kappa shape index (κ3) is 80.2. The van der Waals surface area contributed by atoms with Gasteiger partial charge in [0.2, 0.25) is 0 Å². The zero-order valence-corrected chi connectivity index (χ0v) is 45.6. The van der Waals surface area contributed by atoms with Crippen molar-refractivity contribution in [2.75, 3.05) is 0 Å². The van der Waals surface area contributed by atoms with Crippen LogP contribution in [0.2, 0.25) is 0 Å².